The molecule has 1 fully saturated rings. The Kier molecular flexibility index (Phi) is 7.52. The van der Waals surface area contributed by atoms with E-state index in [0.29, 0.717) is 35.6 Å². The lowest BCUT2D eigenvalue weighted by Gasteiger charge is -2.19. The number of anilines is 2. The van der Waals surface area contributed by atoms with E-state index in [2.05, 4.69) is 31.4 Å². The van der Waals surface area contributed by atoms with Crippen molar-refractivity contribution in [1.82, 2.24) is 4.31 Å². The Morgan fingerprint density at radius 1 is 0.784 bits per heavy atom. The van der Waals surface area contributed by atoms with Crippen LogP contribution in [-0.2, 0) is 15.4 Å². The molecular weight excluding hydrogens is 486 g/mol. The Morgan fingerprint density at radius 2 is 1.32 bits per heavy atom. The zero-order valence-electron chi connectivity index (χ0n) is 21.7. The number of sulfonamides is 1. The maximum atomic E-state index is 13.1. The van der Waals surface area contributed by atoms with Crippen LogP contribution < -0.4 is 10.6 Å². The third-order valence-electron chi connectivity index (χ3n) is 6.52. The van der Waals surface area contributed by atoms with Gasteiger partial charge in [0.2, 0.25) is 10.0 Å². The molecule has 1 aliphatic rings. The number of hydrogen-bond acceptors (Lipinski definition) is 4. The minimum atomic E-state index is -3.65. The van der Waals surface area contributed by atoms with Crippen LogP contribution in [0.25, 0.3) is 0 Å². The van der Waals surface area contributed by atoms with Crippen LogP contribution in [0, 0.1) is 6.92 Å². The van der Waals surface area contributed by atoms with Gasteiger partial charge >= 0.3 is 0 Å². The Bertz CT molecular complexity index is 1420. The number of nitrogens with one attached hydrogen (secondary N) is 2. The number of amides is 2. The van der Waals surface area contributed by atoms with Crippen molar-refractivity contribution in [2.24, 2.45) is 0 Å². The Hall–Kier alpha value is -3.49. The summed E-state index contributed by atoms with van der Waals surface area (Å²) in [5, 5.41) is 5.67. The predicted octanol–water partition coefficient (Wildman–Crippen LogP) is 5.58. The summed E-state index contributed by atoms with van der Waals surface area (Å²) in [6.45, 7) is 9.08. The van der Waals surface area contributed by atoms with Crippen molar-refractivity contribution in [2.75, 3.05) is 23.7 Å². The van der Waals surface area contributed by atoms with Crippen molar-refractivity contribution in [3.05, 3.63) is 89.0 Å². The maximum absolute atomic E-state index is 13.1. The first kappa shape index (κ1) is 26.6. The van der Waals surface area contributed by atoms with Crippen molar-refractivity contribution >= 4 is 33.2 Å². The second-order valence-electron chi connectivity index (χ2n) is 10.4. The minimum absolute atomic E-state index is 0.00186. The van der Waals surface area contributed by atoms with Crippen LogP contribution in [0.15, 0.2) is 71.6 Å². The van der Waals surface area contributed by atoms with Gasteiger partial charge in [-0.1, -0.05) is 45.0 Å². The van der Waals surface area contributed by atoms with Gasteiger partial charge in [0.15, 0.2) is 0 Å². The van der Waals surface area contributed by atoms with Crippen LogP contribution in [0.4, 0.5) is 11.4 Å². The van der Waals surface area contributed by atoms with Gasteiger partial charge in [0.1, 0.15) is 0 Å². The number of aryl methyl sites for hydroxylation is 1. The molecule has 2 N–H and O–H groups in total. The zero-order chi connectivity index (χ0) is 26.8. The first-order valence-corrected chi connectivity index (χ1v) is 13.8. The van der Waals surface area contributed by atoms with Gasteiger partial charge in [-0.25, -0.2) is 8.42 Å². The third-order valence-corrected chi connectivity index (χ3v) is 8.57. The quantitative estimate of drug-likeness (QED) is 0.444. The number of rotatable bonds is 6. The highest BCUT2D eigenvalue weighted by molar-refractivity contribution is 7.89. The van der Waals surface area contributed by atoms with E-state index in [-0.39, 0.29) is 21.8 Å². The van der Waals surface area contributed by atoms with E-state index in [1.165, 1.54) is 10.4 Å². The second kappa shape index (κ2) is 10.5. The summed E-state index contributed by atoms with van der Waals surface area (Å²) < 4.78 is 27.6. The van der Waals surface area contributed by atoms with Gasteiger partial charge in [0.25, 0.3) is 11.8 Å². The standard InChI is InChI=1S/C29H33N3O4S/c1-20-10-11-22(18-26(20)37(35,36)32-16-5-6-17-32)28(34)31-25-9-7-8-24(19-25)30-27(33)21-12-14-23(15-13-21)29(2,3)4/h7-15,18-19H,5-6,16-17H2,1-4H3,(H,30,33)(H,31,34). The normalized spacial score (nSPS) is 14.4. The Morgan fingerprint density at radius 3 is 1.89 bits per heavy atom. The summed E-state index contributed by atoms with van der Waals surface area (Å²) in [6.07, 6.45) is 1.68. The van der Waals surface area contributed by atoms with Crippen molar-refractivity contribution in [3.8, 4) is 0 Å². The third kappa shape index (κ3) is 6.09. The van der Waals surface area contributed by atoms with Crippen molar-refractivity contribution in [3.63, 3.8) is 0 Å². The van der Waals surface area contributed by atoms with Gasteiger partial charge in [-0.05, 0) is 78.8 Å². The predicted molar refractivity (Wildman–Crippen MR) is 147 cm³/mol. The average molecular weight is 520 g/mol. The fourth-order valence-corrected chi connectivity index (χ4v) is 6.06. The van der Waals surface area contributed by atoms with Crippen LogP contribution in [0.2, 0.25) is 0 Å². The van der Waals surface area contributed by atoms with E-state index in [1.807, 2.05) is 12.1 Å². The zero-order valence-corrected chi connectivity index (χ0v) is 22.5. The Balaban J connectivity index is 1.47. The molecule has 0 radical (unpaired) electrons. The van der Waals surface area contributed by atoms with E-state index in [9.17, 15) is 18.0 Å². The molecule has 0 bridgehead atoms. The van der Waals surface area contributed by atoms with E-state index < -0.39 is 15.9 Å². The van der Waals surface area contributed by atoms with Gasteiger partial charge in [-0.2, -0.15) is 4.31 Å². The van der Waals surface area contributed by atoms with Gasteiger partial charge in [0.05, 0.1) is 4.90 Å². The van der Waals surface area contributed by atoms with Crippen molar-refractivity contribution in [1.29, 1.82) is 0 Å². The first-order chi connectivity index (χ1) is 17.4. The highest BCUT2D eigenvalue weighted by Gasteiger charge is 2.29. The summed E-state index contributed by atoms with van der Waals surface area (Å²) in [5.41, 5.74) is 3.54. The fourth-order valence-electron chi connectivity index (χ4n) is 4.29. The molecule has 7 nitrogen and oxygen atoms in total. The van der Waals surface area contributed by atoms with Crippen LogP contribution in [-0.4, -0.2) is 37.6 Å². The van der Waals surface area contributed by atoms with Gasteiger partial charge in [0, 0.05) is 35.6 Å². The Labute approximate surface area is 218 Å². The number of carbonyl (C=O) groups excluding carboxylic acids is 2. The van der Waals surface area contributed by atoms with E-state index in [1.54, 1.807) is 55.5 Å². The van der Waals surface area contributed by atoms with Gasteiger partial charge < -0.3 is 10.6 Å². The lowest BCUT2D eigenvalue weighted by Crippen LogP contribution is -2.28. The lowest BCUT2D eigenvalue weighted by atomic mass is 9.87. The number of nitrogens with zero attached hydrogens (tertiary/aromatic N) is 1. The molecular formula is C29H33N3O4S. The molecule has 0 atom stereocenters. The number of benzene rings is 3. The summed E-state index contributed by atoms with van der Waals surface area (Å²) in [4.78, 5) is 25.9. The van der Waals surface area contributed by atoms with Gasteiger partial charge in [-0.3, -0.25) is 9.59 Å². The second-order valence-corrected chi connectivity index (χ2v) is 12.3. The van der Waals surface area contributed by atoms with E-state index >= 15 is 0 Å². The van der Waals surface area contributed by atoms with Crippen LogP contribution in [0.5, 0.6) is 0 Å². The molecule has 194 valence electrons. The molecule has 3 aromatic carbocycles. The molecule has 0 saturated carbocycles. The topological polar surface area (TPSA) is 95.6 Å². The van der Waals surface area contributed by atoms with Crippen molar-refractivity contribution < 1.29 is 18.0 Å². The highest BCUT2D eigenvalue weighted by atomic mass is 32.2. The molecule has 1 heterocycles. The molecule has 4 rings (SSSR count). The first-order valence-electron chi connectivity index (χ1n) is 12.4. The molecule has 0 aliphatic carbocycles. The minimum Gasteiger partial charge on any atom is -0.322 e. The van der Waals surface area contributed by atoms with Crippen LogP contribution in [0.1, 0.15) is 65.5 Å². The smallest absolute Gasteiger partial charge is 0.255 e. The van der Waals surface area contributed by atoms with E-state index in [4.69, 9.17) is 0 Å². The molecule has 37 heavy (non-hydrogen) atoms. The molecule has 0 spiro atoms. The highest BCUT2D eigenvalue weighted by Crippen LogP contribution is 2.26. The summed E-state index contributed by atoms with van der Waals surface area (Å²) in [5.74, 6) is -0.682. The summed E-state index contributed by atoms with van der Waals surface area (Å²) in [6, 6.07) is 19.0. The number of carbonyl (C=O) groups is 2. The fraction of sp³-hybridized carbons (Fsp3) is 0.310. The summed E-state index contributed by atoms with van der Waals surface area (Å²) in [7, 11) is -3.65. The monoisotopic (exact) mass is 519 g/mol. The van der Waals surface area contributed by atoms with Crippen LogP contribution in [0.3, 0.4) is 0 Å². The molecule has 0 unspecified atom stereocenters. The molecule has 8 heteroatoms. The lowest BCUT2D eigenvalue weighted by molar-refractivity contribution is 0.101. The average Bonchev–Trinajstić information content (AvgIpc) is 3.40. The van der Waals surface area contributed by atoms with Crippen molar-refractivity contribution in [2.45, 2.75) is 50.8 Å². The van der Waals surface area contributed by atoms with E-state index in [0.717, 1.165) is 18.4 Å². The molecule has 3 aromatic rings. The molecule has 0 aromatic heterocycles. The summed E-state index contributed by atoms with van der Waals surface area (Å²) >= 11 is 0. The largest absolute Gasteiger partial charge is 0.322 e. The molecule has 1 saturated heterocycles. The van der Waals surface area contributed by atoms with Crippen LogP contribution >= 0.6 is 0 Å². The number of hydrogen-bond donors (Lipinski definition) is 2. The molecule has 1 aliphatic heterocycles. The maximum Gasteiger partial charge on any atom is 0.255 e. The SMILES string of the molecule is Cc1ccc(C(=O)Nc2cccc(NC(=O)c3ccc(C(C)(C)C)cc3)c2)cc1S(=O)(=O)N1CCCC1. The van der Waals surface area contributed by atoms with Gasteiger partial charge in [-0.15, -0.1) is 0 Å². The molecule has 2 amide bonds.